The molecule has 2 nitrogen and oxygen atoms in total. The second-order valence-corrected chi connectivity index (χ2v) is 7.15. The van der Waals surface area contributed by atoms with Crippen molar-refractivity contribution in [3.05, 3.63) is 89.5 Å². The maximum absolute atomic E-state index is 6.20. The molecular formula is C22H22NOP. The maximum Gasteiger partial charge on any atom is 0.130 e. The van der Waals surface area contributed by atoms with E-state index in [-0.39, 0.29) is 0 Å². The minimum atomic E-state index is 0.532. The largest absolute Gasteiger partial charge is 0.488 e. The summed E-state index contributed by atoms with van der Waals surface area (Å²) in [6.07, 6.45) is 1.92. The Morgan fingerprint density at radius 1 is 0.880 bits per heavy atom. The van der Waals surface area contributed by atoms with E-state index in [9.17, 15) is 0 Å². The molecule has 3 aromatic carbocycles. The molecule has 1 unspecified atom stereocenters. The lowest BCUT2D eigenvalue weighted by Crippen LogP contribution is -2.12. The third-order valence-electron chi connectivity index (χ3n) is 3.94. The van der Waals surface area contributed by atoms with Crippen LogP contribution < -0.4 is 15.3 Å². The van der Waals surface area contributed by atoms with Gasteiger partial charge in [0.25, 0.3) is 0 Å². The van der Waals surface area contributed by atoms with Gasteiger partial charge >= 0.3 is 0 Å². The fourth-order valence-electron chi connectivity index (χ4n) is 2.68. The van der Waals surface area contributed by atoms with Gasteiger partial charge in [-0.15, -0.1) is 0 Å². The van der Waals surface area contributed by atoms with Gasteiger partial charge in [0.1, 0.15) is 12.4 Å². The summed E-state index contributed by atoms with van der Waals surface area (Å²) in [6.45, 7) is 2.69. The standard InChI is InChI=1S/C22H22NOP/c1-17-9-8-14-21(22(17)24-16-18-10-4-3-5-11-18)25-20-13-7-6-12-19(20)15-23-2/h3-15,25H,16H2,1-2H3/b23-15+. The molecule has 0 saturated carbocycles. The molecule has 0 heterocycles. The molecule has 0 aliphatic rings. The second-order valence-electron chi connectivity index (χ2n) is 5.83. The molecule has 3 aromatic rings. The zero-order chi connectivity index (χ0) is 17.5. The molecule has 0 amide bonds. The molecule has 0 aliphatic carbocycles. The molecule has 0 N–H and O–H groups in total. The van der Waals surface area contributed by atoms with Gasteiger partial charge in [-0.2, -0.15) is 0 Å². The van der Waals surface area contributed by atoms with Crippen molar-refractivity contribution in [3.8, 4) is 5.75 Å². The van der Waals surface area contributed by atoms with Crippen LogP contribution in [0.3, 0.4) is 0 Å². The van der Waals surface area contributed by atoms with E-state index in [0.29, 0.717) is 15.2 Å². The van der Waals surface area contributed by atoms with Crippen LogP contribution in [0.25, 0.3) is 0 Å². The van der Waals surface area contributed by atoms with E-state index in [0.717, 1.165) is 5.75 Å². The lowest BCUT2D eigenvalue weighted by atomic mass is 10.2. The van der Waals surface area contributed by atoms with E-state index in [2.05, 4.69) is 60.4 Å². The SMILES string of the molecule is C/N=C/c1ccccc1Pc1cccc(C)c1OCc1ccccc1. The van der Waals surface area contributed by atoms with Crippen molar-refractivity contribution in [2.24, 2.45) is 4.99 Å². The molecule has 0 bridgehead atoms. The molecule has 0 radical (unpaired) electrons. The number of rotatable bonds is 6. The van der Waals surface area contributed by atoms with Crippen LogP contribution in [-0.4, -0.2) is 13.3 Å². The zero-order valence-corrected chi connectivity index (χ0v) is 15.6. The van der Waals surface area contributed by atoms with Crippen molar-refractivity contribution in [2.45, 2.75) is 13.5 Å². The Labute approximate surface area is 151 Å². The van der Waals surface area contributed by atoms with Gasteiger partial charge in [-0.3, -0.25) is 4.99 Å². The van der Waals surface area contributed by atoms with Crippen molar-refractivity contribution >= 4 is 25.4 Å². The first-order chi connectivity index (χ1) is 12.3. The number of para-hydroxylation sites is 1. The Bertz CT molecular complexity index is 859. The van der Waals surface area contributed by atoms with Gasteiger partial charge in [0, 0.05) is 18.6 Å². The molecule has 0 fully saturated rings. The average Bonchev–Trinajstić information content (AvgIpc) is 2.64. The molecule has 0 spiro atoms. The van der Waals surface area contributed by atoms with Crippen LogP contribution in [0.2, 0.25) is 0 Å². The number of nitrogens with zero attached hydrogens (tertiary/aromatic N) is 1. The highest BCUT2D eigenvalue weighted by molar-refractivity contribution is 7.56. The smallest absolute Gasteiger partial charge is 0.130 e. The second kappa shape index (κ2) is 8.60. The van der Waals surface area contributed by atoms with Gasteiger partial charge in [0.15, 0.2) is 0 Å². The summed E-state index contributed by atoms with van der Waals surface area (Å²) in [6, 6.07) is 25.1. The van der Waals surface area contributed by atoms with Crippen molar-refractivity contribution in [1.29, 1.82) is 0 Å². The van der Waals surface area contributed by atoms with E-state index >= 15 is 0 Å². The first kappa shape index (κ1) is 17.4. The van der Waals surface area contributed by atoms with Crippen molar-refractivity contribution in [1.82, 2.24) is 0 Å². The number of ether oxygens (including phenoxy) is 1. The summed E-state index contributed by atoms with van der Waals surface area (Å²) in [5.74, 6) is 0.993. The summed E-state index contributed by atoms with van der Waals surface area (Å²) in [5, 5.41) is 2.51. The van der Waals surface area contributed by atoms with Crippen LogP contribution in [0.4, 0.5) is 0 Å². The molecule has 25 heavy (non-hydrogen) atoms. The average molecular weight is 347 g/mol. The first-order valence-electron chi connectivity index (χ1n) is 8.32. The Hall–Kier alpha value is -2.44. The fraction of sp³-hybridized carbons (Fsp3) is 0.136. The van der Waals surface area contributed by atoms with Crippen molar-refractivity contribution < 1.29 is 4.74 Å². The minimum Gasteiger partial charge on any atom is -0.488 e. The molecule has 0 aliphatic heterocycles. The molecule has 126 valence electrons. The van der Waals surface area contributed by atoms with Gasteiger partial charge in [-0.05, 0) is 28.9 Å². The Morgan fingerprint density at radius 2 is 1.60 bits per heavy atom. The highest BCUT2D eigenvalue weighted by Crippen LogP contribution is 2.25. The van der Waals surface area contributed by atoms with Crippen LogP contribution in [0.15, 0.2) is 77.8 Å². The highest BCUT2D eigenvalue weighted by Gasteiger charge is 2.10. The predicted molar refractivity (Wildman–Crippen MR) is 109 cm³/mol. The number of hydrogen-bond acceptors (Lipinski definition) is 2. The number of aryl methyl sites for hydroxylation is 1. The quantitative estimate of drug-likeness (QED) is 0.482. The van der Waals surface area contributed by atoms with Gasteiger partial charge < -0.3 is 4.74 Å². The van der Waals surface area contributed by atoms with E-state index in [4.69, 9.17) is 4.74 Å². The summed E-state index contributed by atoms with van der Waals surface area (Å²) >= 11 is 0. The third kappa shape index (κ3) is 4.55. The third-order valence-corrected chi connectivity index (χ3v) is 5.32. The van der Waals surface area contributed by atoms with Crippen LogP contribution in [0.5, 0.6) is 5.75 Å². The number of hydrogen-bond donors (Lipinski definition) is 0. The van der Waals surface area contributed by atoms with Gasteiger partial charge in [0.05, 0.1) is 0 Å². The summed E-state index contributed by atoms with van der Waals surface area (Å²) in [5.41, 5.74) is 3.51. The first-order valence-corrected chi connectivity index (χ1v) is 9.32. The van der Waals surface area contributed by atoms with Crippen LogP contribution in [0, 0.1) is 6.92 Å². The van der Waals surface area contributed by atoms with Crippen LogP contribution in [0.1, 0.15) is 16.7 Å². The fourth-order valence-corrected chi connectivity index (χ4v) is 4.00. The lowest BCUT2D eigenvalue weighted by Gasteiger charge is -2.15. The molecule has 3 heteroatoms. The Balaban J connectivity index is 1.86. The maximum atomic E-state index is 6.20. The number of benzene rings is 3. The minimum absolute atomic E-state index is 0.532. The highest BCUT2D eigenvalue weighted by atomic mass is 31.1. The molecule has 0 aromatic heterocycles. The predicted octanol–water partition coefficient (Wildman–Crippen LogP) is 4.25. The zero-order valence-electron chi connectivity index (χ0n) is 14.6. The lowest BCUT2D eigenvalue weighted by molar-refractivity contribution is 0.307. The Morgan fingerprint density at radius 3 is 2.40 bits per heavy atom. The van der Waals surface area contributed by atoms with Crippen molar-refractivity contribution in [3.63, 3.8) is 0 Å². The summed E-state index contributed by atoms with van der Waals surface area (Å²) in [7, 11) is 2.34. The molecular weight excluding hydrogens is 325 g/mol. The van der Waals surface area contributed by atoms with Crippen molar-refractivity contribution in [2.75, 3.05) is 7.05 Å². The molecule has 1 atom stereocenters. The summed E-state index contributed by atoms with van der Waals surface area (Å²) < 4.78 is 6.20. The van der Waals surface area contributed by atoms with Crippen LogP contribution >= 0.6 is 8.58 Å². The Kier molecular flexibility index (Phi) is 5.98. The van der Waals surface area contributed by atoms with E-state index < -0.39 is 0 Å². The van der Waals surface area contributed by atoms with E-state index in [1.165, 1.54) is 27.3 Å². The van der Waals surface area contributed by atoms with Gasteiger partial charge in [-0.25, -0.2) is 0 Å². The van der Waals surface area contributed by atoms with E-state index in [1.807, 2.05) is 30.5 Å². The summed E-state index contributed by atoms with van der Waals surface area (Å²) in [4.78, 5) is 4.17. The van der Waals surface area contributed by atoms with Gasteiger partial charge in [0.2, 0.25) is 0 Å². The van der Waals surface area contributed by atoms with Crippen LogP contribution in [-0.2, 0) is 6.61 Å². The topological polar surface area (TPSA) is 21.6 Å². The number of aliphatic imine (C=N–C) groups is 1. The normalized spacial score (nSPS) is 11.4. The molecule has 3 rings (SSSR count). The molecule has 0 saturated heterocycles. The van der Waals surface area contributed by atoms with E-state index in [1.54, 1.807) is 7.05 Å². The van der Waals surface area contributed by atoms with Gasteiger partial charge in [-0.1, -0.05) is 81.4 Å². The monoisotopic (exact) mass is 347 g/mol.